The van der Waals surface area contributed by atoms with E-state index in [-0.39, 0.29) is 33.7 Å². The summed E-state index contributed by atoms with van der Waals surface area (Å²) in [5.41, 5.74) is -0.541. The van der Waals surface area contributed by atoms with Crippen molar-refractivity contribution in [3.8, 4) is 5.75 Å². The highest BCUT2D eigenvalue weighted by Crippen LogP contribution is 2.34. The van der Waals surface area contributed by atoms with E-state index in [2.05, 4.69) is 9.62 Å². The maximum absolute atomic E-state index is 13.3. The molecule has 1 N–H and O–H groups in total. The third-order valence-electron chi connectivity index (χ3n) is 5.98. The van der Waals surface area contributed by atoms with Crippen LogP contribution in [0, 0.1) is 0 Å². The van der Waals surface area contributed by atoms with E-state index in [0.717, 1.165) is 30.0 Å². The Labute approximate surface area is 239 Å². The van der Waals surface area contributed by atoms with Gasteiger partial charge in [-0.3, -0.25) is 9.52 Å². The number of anilines is 2. The van der Waals surface area contributed by atoms with Gasteiger partial charge in [-0.05, 0) is 42.5 Å². The van der Waals surface area contributed by atoms with Crippen LogP contribution in [0.2, 0.25) is 10.0 Å². The largest absolute Gasteiger partial charge is 1.00 e. The maximum atomic E-state index is 13.3. The van der Waals surface area contributed by atoms with Gasteiger partial charge in [0, 0.05) is 31.9 Å². The number of ether oxygens (including phenoxy) is 1. The molecule has 3 aromatic carbocycles. The zero-order valence-corrected chi connectivity index (χ0v) is 23.4. The van der Waals surface area contributed by atoms with E-state index in [1.807, 2.05) is 24.3 Å². The molecule has 3 aromatic rings. The first-order valence-corrected chi connectivity index (χ1v) is 13.5. The molecule has 4 rings (SSSR count). The number of rotatable bonds is 6. The number of methoxy groups -OCH3 is 1. The summed E-state index contributed by atoms with van der Waals surface area (Å²) in [5, 5.41) is -0.336. The van der Waals surface area contributed by atoms with E-state index in [1.54, 1.807) is 7.11 Å². The summed E-state index contributed by atoms with van der Waals surface area (Å²) in [7, 11) is -2.89. The monoisotopic (exact) mass is 622 g/mol. The molecule has 14 heteroatoms. The minimum Gasteiger partial charge on any atom is -1.00 e. The lowest BCUT2D eigenvalue weighted by molar-refractivity contribution is -0.137. The van der Waals surface area contributed by atoms with E-state index in [1.165, 1.54) is 11.0 Å². The highest BCUT2D eigenvalue weighted by Gasteiger charge is 2.31. The molecule has 7 nitrogen and oxygen atoms in total. The van der Waals surface area contributed by atoms with Gasteiger partial charge >= 0.3 is 6.18 Å². The number of benzene rings is 3. The summed E-state index contributed by atoms with van der Waals surface area (Å²) >= 11 is 12.4. The molecule has 0 bridgehead atoms. The normalized spacial score (nSPS) is 14.0. The van der Waals surface area contributed by atoms with Gasteiger partial charge in [-0.15, -0.1) is 0 Å². The van der Waals surface area contributed by atoms with E-state index < -0.39 is 32.6 Å². The van der Waals surface area contributed by atoms with Crippen molar-refractivity contribution in [2.24, 2.45) is 0 Å². The average molecular weight is 624 g/mol. The van der Waals surface area contributed by atoms with Crippen LogP contribution in [0.5, 0.6) is 5.75 Å². The Morgan fingerprint density at radius 1 is 0.949 bits per heavy atom. The number of carbonyl (C=O) groups excluding carboxylic acids is 1. The molecular formula is C25H22Cl3F3N3O4S-. The average Bonchev–Trinajstić information content (AvgIpc) is 2.87. The van der Waals surface area contributed by atoms with Crippen LogP contribution in [-0.2, 0) is 16.2 Å². The van der Waals surface area contributed by atoms with Gasteiger partial charge in [0.25, 0.3) is 15.9 Å². The Morgan fingerprint density at radius 2 is 1.62 bits per heavy atom. The predicted octanol–water partition coefficient (Wildman–Crippen LogP) is 2.79. The summed E-state index contributed by atoms with van der Waals surface area (Å²) < 4.78 is 72.7. The molecule has 210 valence electrons. The number of halogens is 6. The molecule has 1 fully saturated rings. The third kappa shape index (κ3) is 6.84. The van der Waals surface area contributed by atoms with Crippen molar-refractivity contribution < 1.29 is 43.5 Å². The number of alkyl halides is 3. The number of hydrogen-bond acceptors (Lipinski definition) is 5. The molecular weight excluding hydrogens is 602 g/mol. The van der Waals surface area contributed by atoms with Gasteiger partial charge in [0.15, 0.2) is 0 Å². The van der Waals surface area contributed by atoms with E-state index in [0.29, 0.717) is 38.0 Å². The lowest BCUT2D eigenvalue weighted by Gasteiger charge is -2.36. The summed E-state index contributed by atoms with van der Waals surface area (Å²) in [6, 6.07) is 13.4. The van der Waals surface area contributed by atoms with Crippen LogP contribution >= 0.6 is 23.2 Å². The number of para-hydroxylation sites is 2. The number of piperazine rings is 1. The van der Waals surface area contributed by atoms with Gasteiger partial charge < -0.3 is 26.9 Å². The molecule has 0 atom stereocenters. The van der Waals surface area contributed by atoms with Gasteiger partial charge in [-0.2, -0.15) is 13.2 Å². The van der Waals surface area contributed by atoms with Gasteiger partial charge in [-0.25, -0.2) is 8.42 Å². The number of sulfonamides is 1. The number of nitrogens with one attached hydrogen (secondary N) is 1. The molecule has 1 aliphatic heterocycles. The third-order valence-corrected chi connectivity index (χ3v) is 8.14. The molecule has 1 aliphatic rings. The lowest BCUT2D eigenvalue weighted by atomic mass is 10.1. The zero-order valence-electron chi connectivity index (χ0n) is 20.3. The van der Waals surface area contributed by atoms with Crippen LogP contribution in [0.3, 0.4) is 0 Å². The van der Waals surface area contributed by atoms with Gasteiger partial charge in [0.05, 0.1) is 34.0 Å². The summed E-state index contributed by atoms with van der Waals surface area (Å²) in [4.78, 5) is 16.4. The van der Waals surface area contributed by atoms with Crippen molar-refractivity contribution in [2.45, 2.75) is 11.1 Å². The highest BCUT2D eigenvalue weighted by molar-refractivity contribution is 7.92. The fourth-order valence-electron chi connectivity index (χ4n) is 4.08. The first-order valence-electron chi connectivity index (χ1n) is 11.3. The molecule has 1 heterocycles. The molecule has 1 saturated heterocycles. The van der Waals surface area contributed by atoms with Gasteiger partial charge in [0.1, 0.15) is 10.6 Å². The minimum absolute atomic E-state index is 0. The van der Waals surface area contributed by atoms with Crippen molar-refractivity contribution in [1.29, 1.82) is 0 Å². The zero-order chi connectivity index (χ0) is 27.7. The van der Waals surface area contributed by atoms with Crippen molar-refractivity contribution in [2.75, 3.05) is 42.9 Å². The topological polar surface area (TPSA) is 79.0 Å². The summed E-state index contributed by atoms with van der Waals surface area (Å²) in [6.45, 7) is 1.67. The van der Waals surface area contributed by atoms with Crippen molar-refractivity contribution in [1.82, 2.24) is 4.90 Å². The highest BCUT2D eigenvalue weighted by atomic mass is 35.5. The van der Waals surface area contributed by atoms with Crippen LogP contribution in [-0.4, -0.2) is 52.5 Å². The molecule has 0 radical (unpaired) electrons. The maximum Gasteiger partial charge on any atom is 0.416 e. The SMILES string of the molecule is COc1ccccc1N1CCN(C(=O)c2cc(S(=O)(=O)Nc3cccc(C(F)(F)F)c3)c(Cl)cc2Cl)CC1.[Cl-]. The summed E-state index contributed by atoms with van der Waals surface area (Å²) in [5.74, 6) is 0.206. The Morgan fingerprint density at radius 3 is 2.26 bits per heavy atom. The molecule has 1 amide bonds. The van der Waals surface area contributed by atoms with Crippen LogP contribution in [0.1, 0.15) is 15.9 Å². The van der Waals surface area contributed by atoms with Crippen molar-refractivity contribution in [3.05, 3.63) is 81.8 Å². The number of amides is 1. The standard InChI is InChI=1S/C25H22Cl2F3N3O4S.ClH/c1-37-22-8-3-2-7-21(22)32-9-11-33(12-10-32)24(34)18-14-23(20(27)15-19(18)26)38(35,36)31-17-6-4-5-16(13-17)25(28,29)30;/h2-8,13-15,31H,9-12H2,1H3;1H/p-1. The second-order valence-electron chi connectivity index (χ2n) is 8.40. The molecule has 39 heavy (non-hydrogen) atoms. The van der Waals surface area contributed by atoms with Crippen LogP contribution in [0.15, 0.2) is 65.6 Å². The Hall–Kier alpha value is -2.86. The molecule has 0 saturated carbocycles. The van der Waals surface area contributed by atoms with Gasteiger partial charge in [-0.1, -0.05) is 41.4 Å². The quantitative estimate of drug-likeness (QED) is 0.457. The minimum atomic E-state index is -4.66. The second-order valence-corrected chi connectivity index (χ2v) is 10.9. The number of carbonyl (C=O) groups is 1. The van der Waals surface area contributed by atoms with Crippen molar-refractivity contribution >= 4 is 50.5 Å². The fraction of sp³-hybridized carbons (Fsp3) is 0.240. The van der Waals surface area contributed by atoms with E-state index in [9.17, 15) is 26.4 Å². The van der Waals surface area contributed by atoms with E-state index >= 15 is 0 Å². The first-order chi connectivity index (χ1) is 17.9. The second kappa shape index (κ2) is 12.1. The molecule has 0 aromatic heterocycles. The van der Waals surface area contributed by atoms with Crippen LogP contribution in [0.25, 0.3) is 0 Å². The fourth-order valence-corrected chi connectivity index (χ4v) is 5.98. The predicted molar refractivity (Wildman–Crippen MR) is 140 cm³/mol. The number of nitrogens with zero attached hydrogens (tertiary/aromatic N) is 2. The smallest absolute Gasteiger partial charge is 0.416 e. The van der Waals surface area contributed by atoms with Crippen LogP contribution < -0.4 is 26.8 Å². The van der Waals surface area contributed by atoms with E-state index in [4.69, 9.17) is 27.9 Å². The van der Waals surface area contributed by atoms with Gasteiger partial charge in [0.2, 0.25) is 0 Å². The Kier molecular flexibility index (Phi) is 9.53. The molecule has 0 unspecified atom stereocenters. The number of hydrogen-bond donors (Lipinski definition) is 1. The Balaban J connectivity index is 0.00000420. The van der Waals surface area contributed by atoms with Crippen molar-refractivity contribution in [3.63, 3.8) is 0 Å². The molecule has 0 aliphatic carbocycles. The Bertz CT molecular complexity index is 1460. The lowest BCUT2D eigenvalue weighted by Crippen LogP contribution is -3.00. The first kappa shape index (κ1) is 30.7. The molecule has 0 spiro atoms. The van der Waals surface area contributed by atoms with Crippen LogP contribution in [0.4, 0.5) is 24.5 Å². The summed E-state index contributed by atoms with van der Waals surface area (Å²) in [6.07, 6.45) is -4.66.